The Labute approximate surface area is 194 Å². The Morgan fingerprint density at radius 3 is 2.09 bits per heavy atom. The number of methoxy groups -OCH3 is 1. The van der Waals surface area contributed by atoms with Gasteiger partial charge in [-0.1, -0.05) is 30.3 Å². The summed E-state index contributed by atoms with van der Waals surface area (Å²) >= 11 is 0. The Hall–Kier alpha value is -3.83. The zero-order valence-corrected chi connectivity index (χ0v) is 18.8. The van der Waals surface area contributed by atoms with Gasteiger partial charge >= 0.3 is 11.9 Å². The highest BCUT2D eigenvalue weighted by Gasteiger charge is 2.63. The second-order valence-electron chi connectivity index (χ2n) is 7.69. The highest BCUT2D eigenvalue weighted by atomic mass is 32.2. The number of aromatic carboxylic acids is 1. The summed E-state index contributed by atoms with van der Waals surface area (Å²) in [5.74, 6) is -3.53. The van der Waals surface area contributed by atoms with E-state index in [1.54, 1.807) is 18.2 Å². The molecule has 11 heteroatoms. The van der Waals surface area contributed by atoms with Crippen molar-refractivity contribution in [2.75, 3.05) is 7.11 Å². The van der Waals surface area contributed by atoms with Crippen molar-refractivity contribution in [3.8, 4) is 0 Å². The number of carbonyl (C=O) groups is 4. The highest BCUT2D eigenvalue weighted by Crippen LogP contribution is 2.42. The molecule has 3 atom stereocenters. The number of rotatable bonds is 6. The topological polar surface area (TPSA) is 144 Å². The van der Waals surface area contributed by atoms with Crippen molar-refractivity contribution in [1.29, 1.82) is 0 Å². The molecule has 0 radical (unpaired) electrons. The van der Waals surface area contributed by atoms with Crippen LogP contribution in [0.5, 0.6) is 0 Å². The number of allylic oxidation sites excluding steroid dienone is 1. The fourth-order valence-corrected chi connectivity index (χ4v) is 6.13. The van der Waals surface area contributed by atoms with Crippen molar-refractivity contribution in [3.63, 3.8) is 0 Å². The molecule has 4 rings (SSSR count). The van der Waals surface area contributed by atoms with E-state index in [0.717, 1.165) is 4.90 Å². The third kappa shape index (κ3) is 3.58. The van der Waals surface area contributed by atoms with E-state index in [1.807, 2.05) is 0 Å². The maximum atomic E-state index is 13.3. The van der Waals surface area contributed by atoms with Gasteiger partial charge in [0.2, 0.25) is 21.1 Å². The molecule has 2 heterocycles. The summed E-state index contributed by atoms with van der Waals surface area (Å²) in [6.45, 7) is 1.31. The van der Waals surface area contributed by atoms with Gasteiger partial charge in [-0.25, -0.2) is 18.0 Å². The zero-order chi connectivity index (χ0) is 24.8. The van der Waals surface area contributed by atoms with Gasteiger partial charge < -0.3 is 14.6 Å². The second-order valence-corrected chi connectivity index (χ2v) is 9.78. The Balaban J connectivity index is 1.77. The Bertz CT molecular complexity index is 1330. The third-order valence-corrected chi connectivity index (χ3v) is 7.86. The van der Waals surface area contributed by atoms with Crippen molar-refractivity contribution in [2.45, 2.75) is 23.8 Å². The molecule has 10 nitrogen and oxygen atoms in total. The number of ether oxygens (including phenoxy) is 2. The predicted molar refractivity (Wildman–Crippen MR) is 116 cm³/mol. The lowest BCUT2D eigenvalue weighted by atomic mass is 9.98. The molecule has 0 aromatic heterocycles. The number of fused-ring (bicyclic) bond motifs is 1. The number of sulfone groups is 1. The Kier molecular flexibility index (Phi) is 5.84. The van der Waals surface area contributed by atoms with Crippen LogP contribution in [0.2, 0.25) is 0 Å². The standard InChI is InChI=1S/C23H19NO9S/c1-12-16(17(25)13-6-4-3-5-7-13)24-19(26)18(32-2)20(24)34(30,31)23(12)33-22(29)15-10-8-14(9-11-15)21(27)28/h3-11,18,20,23H,1-2H3,(H,27,28)/t18-,20+,23?/m0/s1. The fourth-order valence-electron chi connectivity index (χ4n) is 3.97. The van der Waals surface area contributed by atoms with Crippen LogP contribution in [0.4, 0.5) is 0 Å². The van der Waals surface area contributed by atoms with Crippen molar-refractivity contribution in [2.24, 2.45) is 0 Å². The molecule has 2 aromatic rings. The number of esters is 1. The van der Waals surface area contributed by atoms with Crippen LogP contribution in [0.25, 0.3) is 0 Å². The summed E-state index contributed by atoms with van der Waals surface area (Å²) in [6.07, 6.45) is -1.35. The van der Waals surface area contributed by atoms with Crippen LogP contribution in [-0.4, -0.2) is 66.1 Å². The van der Waals surface area contributed by atoms with E-state index in [-0.39, 0.29) is 28.0 Å². The molecule has 2 aliphatic rings. The second kappa shape index (κ2) is 8.50. The molecule has 2 aromatic carbocycles. The molecule has 1 N–H and O–H groups in total. The first kappa shape index (κ1) is 23.3. The van der Waals surface area contributed by atoms with Crippen LogP contribution < -0.4 is 0 Å². The summed E-state index contributed by atoms with van der Waals surface area (Å²) in [5.41, 5.74) is -2.10. The molecule has 2 aliphatic heterocycles. The van der Waals surface area contributed by atoms with Crippen molar-refractivity contribution in [1.82, 2.24) is 4.90 Å². The summed E-state index contributed by atoms with van der Waals surface area (Å²) in [4.78, 5) is 50.6. The maximum absolute atomic E-state index is 13.3. The van der Waals surface area contributed by atoms with Gasteiger partial charge in [0.05, 0.1) is 16.8 Å². The number of carboxylic acid groups (broad SMARTS) is 1. The van der Waals surface area contributed by atoms with E-state index in [9.17, 15) is 27.6 Å². The van der Waals surface area contributed by atoms with Gasteiger partial charge in [0.1, 0.15) is 0 Å². The lowest BCUT2D eigenvalue weighted by Gasteiger charge is -2.50. The third-order valence-electron chi connectivity index (χ3n) is 5.68. The average Bonchev–Trinajstić information content (AvgIpc) is 2.82. The molecule has 0 spiro atoms. The number of benzene rings is 2. The minimum atomic E-state index is -4.35. The molecule has 0 bridgehead atoms. The van der Waals surface area contributed by atoms with Crippen LogP contribution in [-0.2, 0) is 24.1 Å². The zero-order valence-electron chi connectivity index (χ0n) is 18.0. The SMILES string of the molecule is CO[C@H]1C(=O)N2C(C(=O)c3ccccc3)=C(C)C(OC(=O)c3ccc(C(=O)O)cc3)S(=O)(=O)[C@H]12. The van der Waals surface area contributed by atoms with Gasteiger partial charge in [0.15, 0.2) is 11.5 Å². The lowest BCUT2D eigenvalue weighted by Crippen LogP contribution is -2.72. The number of β-lactam (4-membered cyclic amide) rings is 1. The smallest absolute Gasteiger partial charge is 0.339 e. The molecule has 176 valence electrons. The van der Waals surface area contributed by atoms with Gasteiger partial charge in [0, 0.05) is 18.2 Å². The van der Waals surface area contributed by atoms with E-state index >= 15 is 0 Å². The summed E-state index contributed by atoms with van der Waals surface area (Å²) in [5, 5.41) is 7.47. The number of nitrogens with zero attached hydrogens (tertiary/aromatic N) is 1. The van der Waals surface area contributed by atoms with Crippen LogP contribution >= 0.6 is 0 Å². The van der Waals surface area contributed by atoms with Crippen molar-refractivity contribution >= 4 is 33.5 Å². The van der Waals surface area contributed by atoms with Crippen molar-refractivity contribution in [3.05, 3.63) is 82.6 Å². The largest absolute Gasteiger partial charge is 0.478 e. The molecule has 1 unspecified atom stereocenters. The predicted octanol–water partition coefficient (Wildman–Crippen LogP) is 1.64. The molecule has 1 fully saturated rings. The van der Waals surface area contributed by atoms with Crippen LogP contribution in [0.3, 0.4) is 0 Å². The monoisotopic (exact) mass is 485 g/mol. The first-order valence-electron chi connectivity index (χ1n) is 10.0. The minimum absolute atomic E-state index is 0.0692. The molecule has 1 saturated heterocycles. The molecule has 1 amide bonds. The summed E-state index contributed by atoms with van der Waals surface area (Å²) < 4.78 is 37.1. The molecule has 0 saturated carbocycles. The summed E-state index contributed by atoms with van der Waals surface area (Å²) in [6, 6.07) is 12.7. The number of ketones is 1. The first-order valence-corrected chi connectivity index (χ1v) is 11.6. The van der Waals surface area contributed by atoms with Crippen LogP contribution in [0.1, 0.15) is 38.0 Å². The molecule has 0 aliphatic carbocycles. The highest BCUT2D eigenvalue weighted by molar-refractivity contribution is 7.93. The van der Waals surface area contributed by atoms with Gasteiger partial charge in [0.25, 0.3) is 5.91 Å². The number of hydrogen-bond donors (Lipinski definition) is 1. The molecular formula is C23H19NO9S. The molecular weight excluding hydrogens is 466 g/mol. The van der Waals surface area contributed by atoms with Crippen molar-refractivity contribution < 1.29 is 42.2 Å². The number of Topliss-reactive ketones (excluding diaryl/α,β-unsaturated/α-hetero) is 1. The quantitative estimate of drug-likeness (QED) is 0.367. The Morgan fingerprint density at radius 2 is 1.53 bits per heavy atom. The fraction of sp³-hybridized carbons (Fsp3) is 0.217. The number of carbonyl (C=O) groups excluding carboxylic acids is 3. The lowest BCUT2D eigenvalue weighted by molar-refractivity contribution is -0.159. The summed E-state index contributed by atoms with van der Waals surface area (Å²) in [7, 11) is -3.18. The van der Waals surface area contributed by atoms with E-state index < -0.39 is 50.4 Å². The van der Waals surface area contributed by atoms with Gasteiger partial charge in [-0.15, -0.1) is 0 Å². The van der Waals surface area contributed by atoms with Gasteiger partial charge in [-0.3, -0.25) is 14.5 Å². The van der Waals surface area contributed by atoms with Crippen LogP contribution in [0, 0.1) is 0 Å². The maximum Gasteiger partial charge on any atom is 0.339 e. The Morgan fingerprint density at radius 1 is 0.941 bits per heavy atom. The van der Waals surface area contributed by atoms with Gasteiger partial charge in [-0.2, -0.15) is 0 Å². The van der Waals surface area contributed by atoms with Crippen LogP contribution in [0.15, 0.2) is 65.9 Å². The number of carboxylic acids is 1. The normalized spacial score (nSPS) is 23.1. The minimum Gasteiger partial charge on any atom is -0.478 e. The number of amides is 1. The first-order chi connectivity index (χ1) is 16.1. The van der Waals surface area contributed by atoms with E-state index in [4.69, 9.17) is 14.6 Å². The van der Waals surface area contributed by atoms with E-state index in [2.05, 4.69) is 0 Å². The molecule has 34 heavy (non-hydrogen) atoms. The number of hydrogen-bond acceptors (Lipinski definition) is 8. The average molecular weight is 485 g/mol. The van der Waals surface area contributed by atoms with E-state index in [1.165, 1.54) is 50.4 Å². The van der Waals surface area contributed by atoms with Gasteiger partial charge in [-0.05, 0) is 31.2 Å². The van der Waals surface area contributed by atoms with E-state index in [0.29, 0.717) is 0 Å².